The van der Waals surface area contributed by atoms with Gasteiger partial charge in [-0.1, -0.05) is 37.6 Å². The Morgan fingerprint density at radius 1 is 1.09 bits per heavy atom. The molecule has 174 valence electrons. The average molecular weight is 462 g/mol. The molecule has 0 heterocycles. The number of methoxy groups -OCH3 is 1. The maximum atomic E-state index is 13.0. The molecule has 2 N–H and O–H groups in total. The highest BCUT2D eigenvalue weighted by atomic mass is 32.2. The minimum atomic E-state index is -3.90. The van der Waals surface area contributed by atoms with Gasteiger partial charge < -0.3 is 15.0 Å². The molecule has 0 unspecified atom stereocenters. The minimum absolute atomic E-state index is 0.0590. The largest absolute Gasteiger partial charge is 0.497 e. The van der Waals surface area contributed by atoms with Crippen LogP contribution in [0.15, 0.2) is 53.4 Å². The Hall–Kier alpha value is -2.91. The van der Waals surface area contributed by atoms with Crippen LogP contribution in [0.4, 0.5) is 5.69 Å². The second kappa shape index (κ2) is 11.1. The molecule has 2 aromatic carbocycles. The molecule has 0 saturated carbocycles. The van der Waals surface area contributed by atoms with Crippen LogP contribution in [0, 0.1) is 12.8 Å². The first-order chi connectivity index (χ1) is 15.0. The number of ether oxygens (including phenoxy) is 1. The summed E-state index contributed by atoms with van der Waals surface area (Å²) in [4.78, 5) is 26.8. The molecule has 9 heteroatoms. The Morgan fingerprint density at radius 2 is 1.75 bits per heavy atom. The number of anilines is 1. The first-order valence-corrected chi connectivity index (χ1v) is 11.8. The van der Waals surface area contributed by atoms with Gasteiger partial charge in [0.25, 0.3) is 0 Å². The van der Waals surface area contributed by atoms with Crippen LogP contribution in [0.25, 0.3) is 0 Å². The summed E-state index contributed by atoms with van der Waals surface area (Å²) < 4.78 is 33.3. The van der Waals surface area contributed by atoms with Crippen molar-refractivity contribution < 1.29 is 22.7 Å². The molecule has 1 atom stereocenters. The fourth-order valence-corrected chi connectivity index (χ4v) is 4.31. The standard InChI is InChI=1S/C23H31N3O5S/c1-16(2)13-21(25-32(29,30)20-11-9-17(3)10-12-20)23(28)26(4)15-22(27)24-18-7-6-8-19(14-18)31-5/h6-12,14,16,21,25H,13,15H2,1-5H3,(H,24,27)/t21-/m1/s1. The molecule has 32 heavy (non-hydrogen) atoms. The van der Waals surface area contributed by atoms with Crippen LogP contribution < -0.4 is 14.8 Å². The lowest BCUT2D eigenvalue weighted by Gasteiger charge is -2.25. The van der Waals surface area contributed by atoms with Crippen molar-refractivity contribution in [3.63, 3.8) is 0 Å². The molecule has 8 nitrogen and oxygen atoms in total. The highest BCUT2D eigenvalue weighted by Crippen LogP contribution is 2.17. The van der Waals surface area contributed by atoms with Gasteiger partial charge in [-0.3, -0.25) is 9.59 Å². The number of amides is 2. The SMILES string of the molecule is COc1cccc(NC(=O)CN(C)C(=O)[C@@H](CC(C)C)NS(=O)(=O)c2ccc(C)cc2)c1. The van der Waals surface area contributed by atoms with Crippen molar-refractivity contribution in [2.75, 3.05) is 26.0 Å². The van der Waals surface area contributed by atoms with Crippen molar-refractivity contribution in [3.8, 4) is 5.75 Å². The summed E-state index contributed by atoms with van der Waals surface area (Å²) >= 11 is 0. The van der Waals surface area contributed by atoms with E-state index in [4.69, 9.17) is 4.74 Å². The second-order valence-corrected chi connectivity index (χ2v) is 9.80. The normalized spacial score (nSPS) is 12.3. The number of carbonyl (C=O) groups excluding carboxylic acids is 2. The van der Waals surface area contributed by atoms with Crippen molar-refractivity contribution in [3.05, 3.63) is 54.1 Å². The molecule has 2 rings (SSSR count). The fourth-order valence-electron chi connectivity index (χ4n) is 3.10. The molecule has 0 radical (unpaired) electrons. The predicted molar refractivity (Wildman–Crippen MR) is 124 cm³/mol. The molecule has 2 aromatic rings. The monoisotopic (exact) mass is 461 g/mol. The van der Waals surface area contributed by atoms with E-state index >= 15 is 0 Å². The second-order valence-electron chi connectivity index (χ2n) is 8.09. The van der Waals surface area contributed by atoms with Gasteiger partial charge in [0.1, 0.15) is 11.8 Å². The van der Waals surface area contributed by atoms with E-state index in [2.05, 4.69) is 10.0 Å². The van der Waals surface area contributed by atoms with Crippen molar-refractivity contribution in [2.45, 2.75) is 38.1 Å². The van der Waals surface area contributed by atoms with E-state index in [9.17, 15) is 18.0 Å². The number of nitrogens with one attached hydrogen (secondary N) is 2. The third-order valence-corrected chi connectivity index (χ3v) is 6.23. The Bertz CT molecular complexity index is 1040. The molecule has 0 aliphatic carbocycles. The van der Waals surface area contributed by atoms with Crippen LogP contribution in [0.2, 0.25) is 0 Å². The van der Waals surface area contributed by atoms with E-state index in [1.54, 1.807) is 36.4 Å². The average Bonchev–Trinajstić information content (AvgIpc) is 2.72. The van der Waals surface area contributed by atoms with E-state index in [0.29, 0.717) is 17.9 Å². The van der Waals surface area contributed by atoms with Crippen molar-refractivity contribution in [2.24, 2.45) is 5.92 Å². The van der Waals surface area contributed by atoms with E-state index in [1.165, 1.54) is 31.2 Å². The summed E-state index contributed by atoms with van der Waals surface area (Å²) in [6.45, 7) is 5.43. The zero-order chi connectivity index (χ0) is 23.9. The Labute approximate surface area is 190 Å². The highest BCUT2D eigenvalue weighted by Gasteiger charge is 2.29. The number of carbonyl (C=O) groups is 2. The molecule has 0 aliphatic heterocycles. The number of hydrogen-bond acceptors (Lipinski definition) is 5. The number of likely N-dealkylation sites (N-methyl/N-ethyl adjacent to an activating group) is 1. The zero-order valence-electron chi connectivity index (χ0n) is 19.1. The lowest BCUT2D eigenvalue weighted by atomic mass is 10.0. The molecule has 2 amide bonds. The van der Waals surface area contributed by atoms with Gasteiger partial charge in [0.05, 0.1) is 18.6 Å². The maximum Gasteiger partial charge on any atom is 0.243 e. The fraction of sp³-hybridized carbons (Fsp3) is 0.391. The van der Waals surface area contributed by atoms with Gasteiger partial charge in [0.2, 0.25) is 21.8 Å². The first-order valence-electron chi connectivity index (χ1n) is 10.3. The van der Waals surface area contributed by atoms with Gasteiger partial charge in [0, 0.05) is 18.8 Å². The molecule has 0 fully saturated rings. The third kappa shape index (κ3) is 7.35. The molecular formula is C23H31N3O5S. The van der Waals surface area contributed by atoms with Gasteiger partial charge in [-0.25, -0.2) is 8.42 Å². The third-order valence-electron chi connectivity index (χ3n) is 4.74. The van der Waals surface area contributed by atoms with E-state index in [-0.39, 0.29) is 17.4 Å². The molecule has 0 bridgehead atoms. The molecule has 0 aromatic heterocycles. The number of aryl methyl sites for hydroxylation is 1. The maximum absolute atomic E-state index is 13.0. The number of nitrogens with zero attached hydrogens (tertiary/aromatic N) is 1. The lowest BCUT2D eigenvalue weighted by Crippen LogP contribution is -2.49. The number of hydrogen-bond donors (Lipinski definition) is 2. The summed E-state index contributed by atoms with van der Waals surface area (Å²) in [6.07, 6.45) is 0.297. The predicted octanol–water partition coefficient (Wildman–Crippen LogP) is 2.79. The van der Waals surface area contributed by atoms with Crippen LogP contribution in [0.1, 0.15) is 25.8 Å². The lowest BCUT2D eigenvalue weighted by molar-refractivity contribution is -0.135. The van der Waals surface area contributed by atoms with Gasteiger partial charge in [-0.2, -0.15) is 4.72 Å². The van der Waals surface area contributed by atoms with Crippen LogP contribution in [0.5, 0.6) is 5.75 Å². The smallest absolute Gasteiger partial charge is 0.243 e. The quantitative estimate of drug-likeness (QED) is 0.566. The van der Waals surface area contributed by atoms with Gasteiger partial charge >= 0.3 is 0 Å². The van der Waals surface area contributed by atoms with Gasteiger partial charge in [-0.15, -0.1) is 0 Å². The van der Waals surface area contributed by atoms with Crippen LogP contribution in [-0.2, 0) is 19.6 Å². The first kappa shape index (κ1) is 25.4. The summed E-state index contributed by atoms with van der Waals surface area (Å²) in [5.74, 6) is -0.229. The minimum Gasteiger partial charge on any atom is -0.497 e. The summed E-state index contributed by atoms with van der Waals surface area (Å²) in [6, 6.07) is 12.3. The van der Waals surface area contributed by atoms with E-state index in [1.807, 2.05) is 20.8 Å². The van der Waals surface area contributed by atoms with Gasteiger partial charge in [-0.05, 0) is 43.5 Å². The van der Waals surface area contributed by atoms with Crippen molar-refractivity contribution in [1.29, 1.82) is 0 Å². The van der Waals surface area contributed by atoms with E-state index in [0.717, 1.165) is 5.56 Å². The Morgan fingerprint density at radius 3 is 2.34 bits per heavy atom. The summed E-state index contributed by atoms with van der Waals surface area (Å²) in [5, 5.41) is 2.71. The summed E-state index contributed by atoms with van der Waals surface area (Å²) in [7, 11) is -0.896. The van der Waals surface area contributed by atoms with E-state index < -0.39 is 27.9 Å². The Kier molecular flexibility index (Phi) is 8.80. The molecule has 0 aliphatic rings. The van der Waals surface area contributed by atoms with Crippen LogP contribution in [0.3, 0.4) is 0 Å². The van der Waals surface area contributed by atoms with Crippen molar-refractivity contribution >= 4 is 27.5 Å². The van der Waals surface area contributed by atoms with Crippen LogP contribution in [-0.4, -0.2) is 51.9 Å². The molecule has 0 spiro atoms. The highest BCUT2D eigenvalue weighted by molar-refractivity contribution is 7.89. The Balaban J connectivity index is 2.10. The number of rotatable bonds is 10. The van der Waals surface area contributed by atoms with Gasteiger partial charge in [0.15, 0.2) is 0 Å². The molecule has 0 saturated heterocycles. The topological polar surface area (TPSA) is 105 Å². The zero-order valence-corrected chi connectivity index (χ0v) is 19.9. The molecular weight excluding hydrogens is 430 g/mol. The number of benzene rings is 2. The van der Waals surface area contributed by atoms with Crippen molar-refractivity contribution in [1.82, 2.24) is 9.62 Å². The number of sulfonamides is 1. The van der Waals surface area contributed by atoms with Crippen LogP contribution >= 0.6 is 0 Å². The summed E-state index contributed by atoms with van der Waals surface area (Å²) in [5.41, 5.74) is 1.47.